The Labute approximate surface area is 213 Å². The smallest absolute Gasteiger partial charge is 0.311 e. The lowest BCUT2D eigenvalue weighted by atomic mass is 9.66. The van der Waals surface area contributed by atoms with E-state index in [2.05, 4.69) is 20.1 Å². The van der Waals surface area contributed by atoms with Crippen molar-refractivity contribution in [2.24, 2.45) is 17.8 Å². The van der Waals surface area contributed by atoms with Gasteiger partial charge in [0.05, 0.1) is 29.2 Å². The van der Waals surface area contributed by atoms with Crippen molar-refractivity contribution in [3.63, 3.8) is 0 Å². The third-order valence-electron chi connectivity index (χ3n) is 8.73. The standard InChI is InChI=1S/C27H40N2O5S/c1-5-13-28(19-11-9-8-10-12-19)25(32)23-27-17(4)15-20(35-27)21(26(33)34-14-6-2)22(27)24(31)29(23)18(7-3)16-30/h5-6,17-23,30H,1-2,7-16H2,3-4H3/t17?,18-,20+,21-,22-,23?,27?/m0/s1. The van der Waals surface area contributed by atoms with Gasteiger partial charge < -0.3 is 19.6 Å². The van der Waals surface area contributed by atoms with Gasteiger partial charge in [-0.3, -0.25) is 14.4 Å². The minimum absolute atomic E-state index is 0.0505. The summed E-state index contributed by atoms with van der Waals surface area (Å²) in [5.41, 5.74) is 0. The number of nitrogens with zero attached hydrogens (tertiary/aromatic N) is 2. The maximum Gasteiger partial charge on any atom is 0.311 e. The topological polar surface area (TPSA) is 87.1 Å². The molecule has 1 aliphatic carbocycles. The number of aliphatic hydroxyl groups is 1. The quantitative estimate of drug-likeness (QED) is 0.363. The molecule has 0 aromatic heterocycles. The number of hydrogen-bond donors (Lipinski definition) is 1. The van der Waals surface area contributed by atoms with E-state index in [9.17, 15) is 19.5 Å². The van der Waals surface area contributed by atoms with Crippen molar-refractivity contribution in [2.45, 2.75) is 86.9 Å². The van der Waals surface area contributed by atoms with Gasteiger partial charge in [-0.2, -0.15) is 0 Å². The summed E-state index contributed by atoms with van der Waals surface area (Å²) in [6, 6.07) is -1.05. The number of esters is 1. The molecule has 2 amide bonds. The zero-order valence-electron chi connectivity index (χ0n) is 21.1. The normalized spacial score (nSPS) is 35.0. The molecule has 35 heavy (non-hydrogen) atoms. The van der Waals surface area contributed by atoms with Crippen molar-refractivity contribution in [3.8, 4) is 0 Å². The fourth-order valence-electron chi connectivity index (χ4n) is 7.16. The average molecular weight is 505 g/mol. The molecule has 1 spiro atoms. The lowest BCUT2D eigenvalue weighted by Gasteiger charge is -2.44. The van der Waals surface area contributed by atoms with Crippen LogP contribution in [-0.2, 0) is 19.1 Å². The number of likely N-dealkylation sites (tertiary alicyclic amines) is 1. The molecule has 7 atom stereocenters. The van der Waals surface area contributed by atoms with E-state index >= 15 is 0 Å². The number of thioether (sulfide) groups is 1. The molecule has 0 aromatic rings. The molecule has 4 aliphatic rings. The molecule has 1 N–H and O–H groups in total. The number of hydrogen-bond acceptors (Lipinski definition) is 6. The van der Waals surface area contributed by atoms with Gasteiger partial charge in [-0.05, 0) is 31.6 Å². The van der Waals surface area contributed by atoms with Crippen LogP contribution in [0.3, 0.4) is 0 Å². The molecular weight excluding hydrogens is 464 g/mol. The van der Waals surface area contributed by atoms with Gasteiger partial charge in [-0.25, -0.2) is 0 Å². The Hall–Kier alpha value is -1.80. The first-order valence-corrected chi connectivity index (χ1v) is 14.0. The van der Waals surface area contributed by atoms with Crippen LogP contribution < -0.4 is 0 Å². The number of fused-ring (bicyclic) bond motifs is 1. The summed E-state index contributed by atoms with van der Waals surface area (Å²) in [5.74, 6) is -1.74. The Morgan fingerprint density at radius 2 is 2.00 bits per heavy atom. The Balaban J connectivity index is 1.78. The van der Waals surface area contributed by atoms with Crippen molar-refractivity contribution in [2.75, 3.05) is 19.8 Å². The molecular formula is C27H40N2O5S. The molecule has 3 unspecified atom stereocenters. The maximum absolute atomic E-state index is 14.5. The van der Waals surface area contributed by atoms with E-state index in [0.29, 0.717) is 13.0 Å². The molecule has 3 saturated heterocycles. The third-order valence-corrected chi connectivity index (χ3v) is 10.8. The number of carbonyl (C=O) groups excluding carboxylic acids is 3. The number of amides is 2. The Morgan fingerprint density at radius 1 is 1.29 bits per heavy atom. The van der Waals surface area contributed by atoms with Gasteiger partial charge in [0.1, 0.15) is 12.6 Å². The Kier molecular flexibility index (Phi) is 8.01. The summed E-state index contributed by atoms with van der Waals surface area (Å²) in [4.78, 5) is 45.4. The molecule has 1 saturated carbocycles. The van der Waals surface area contributed by atoms with E-state index in [1.54, 1.807) is 22.7 Å². The molecule has 194 valence electrons. The second kappa shape index (κ2) is 10.7. The van der Waals surface area contributed by atoms with Gasteiger partial charge in [0, 0.05) is 17.8 Å². The van der Waals surface area contributed by atoms with E-state index in [0.717, 1.165) is 32.1 Å². The van der Waals surface area contributed by atoms with Gasteiger partial charge in [0.25, 0.3) is 0 Å². The van der Waals surface area contributed by atoms with Crippen LogP contribution in [0.5, 0.6) is 0 Å². The molecule has 3 aliphatic heterocycles. The summed E-state index contributed by atoms with van der Waals surface area (Å²) in [7, 11) is 0. The largest absolute Gasteiger partial charge is 0.461 e. The zero-order chi connectivity index (χ0) is 25.3. The summed E-state index contributed by atoms with van der Waals surface area (Å²) in [6.45, 7) is 11.9. The van der Waals surface area contributed by atoms with Gasteiger partial charge in [0.15, 0.2) is 0 Å². The number of ether oxygens (including phenoxy) is 1. The lowest BCUT2D eigenvalue weighted by molar-refractivity contribution is -0.154. The molecule has 3 heterocycles. The van der Waals surface area contributed by atoms with E-state index in [1.165, 1.54) is 12.5 Å². The van der Waals surface area contributed by atoms with Crippen LogP contribution in [0.2, 0.25) is 0 Å². The second-order valence-corrected chi connectivity index (χ2v) is 12.1. The Bertz CT molecular complexity index is 855. The second-order valence-electron chi connectivity index (χ2n) is 10.5. The summed E-state index contributed by atoms with van der Waals surface area (Å²) >= 11 is 1.65. The zero-order valence-corrected chi connectivity index (χ0v) is 21.9. The number of rotatable bonds is 10. The monoisotopic (exact) mass is 504 g/mol. The van der Waals surface area contributed by atoms with Crippen molar-refractivity contribution < 1.29 is 24.2 Å². The summed E-state index contributed by atoms with van der Waals surface area (Å²) in [6.07, 6.45) is 9.86. The van der Waals surface area contributed by atoms with E-state index in [1.807, 2.05) is 11.8 Å². The van der Waals surface area contributed by atoms with E-state index in [4.69, 9.17) is 4.74 Å². The van der Waals surface area contributed by atoms with Crippen LogP contribution in [0, 0.1) is 17.8 Å². The minimum atomic E-state index is -0.707. The van der Waals surface area contributed by atoms with Gasteiger partial charge in [0.2, 0.25) is 11.8 Å². The van der Waals surface area contributed by atoms with Crippen molar-refractivity contribution in [3.05, 3.63) is 25.3 Å². The van der Waals surface area contributed by atoms with Gasteiger partial charge in [-0.1, -0.05) is 51.8 Å². The highest BCUT2D eigenvalue weighted by atomic mass is 32.2. The average Bonchev–Trinajstić information content (AvgIpc) is 3.46. The van der Waals surface area contributed by atoms with Crippen LogP contribution in [0.4, 0.5) is 0 Å². The SMILES string of the molecule is C=CCOC(=O)[C@@H]1[C@H]2C(=O)N([C@@H](CC)CO)C(C(=O)N(CC=C)C3CCCCC3)C23S[C@@H]1CC3C. The third kappa shape index (κ3) is 4.14. The first-order valence-electron chi connectivity index (χ1n) is 13.2. The highest BCUT2D eigenvalue weighted by molar-refractivity contribution is 8.02. The molecule has 0 aromatic carbocycles. The molecule has 2 bridgehead atoms. The number of aliphatic hydroxyl groups excluding tert-OH is 1. The van der Waals surface area contributed by atoms with Crippen LogP contribution in [-0.4, -0.2) is 80.6 Å². The van der Waals surface area contributed by atoms with Crippen molar-refractivity contribution >= 4 is 29.5 Å². The van der Waals surface area contributed by atoms with Crippen LogP contribution in [0.1, 0.15) is 58.8 Å². The first-order chi connectivity index (χ1) is 16.9. The molecule has 0 radical (unpaired) electrons. The van der Waals surface area contributed by atoms with Crippen LogP contribution >= 0.6 is 11.8 Å². The number of carbonyl (C=O) groups is 3. The first kappa shape index (κ1) is 26.3. The Morgan fingerprint density at radius 3 is 2.60 bits per heavy atom. The predicted octanol–water partition coefficient (Wildman–Crippen LogP) is 3.17. The van der Waals surface area contributed by atoms with Crippen molar-refractivity contribution in [1.29, 1.82) is 0 Å². The van der Waals surface area contributed by atoms with Crippen LogP contribution in [0.15, 0.2) is 25.3 Å². The molecule has 4 rings (SSSR count). The maximum atomic E-state index is 14.5. The highest BCUT2D eigenvalue weighted by Gasteiger charge is 2.77. The lowest BCUT2D eigenvalue weighted by Crippen LogP contribution is -2.60. The van der Waals surface area contributed by atoms with E-state index in [-0.39, 0.29) is 48.2 Å². The van der Waals surface area contributed by atoms with E-state index < -0.39 is 28.7 Å². The molecule has 7 nitrogen and oxygen atoms in total. The highest BCUT2D eigenvalue weighted by Crippen LogP contribution is 2.69. The van der Waals surface area contributed by atoms with Gasteiger partial charge in [-0.15, -0.1) is 18.3 Å². The fourth-order valence-corrected chi connectivity index (χ4v) is 9.55. The van der Waals surface area contributed by atoms with Crippen LogP contribution in [0.25, 0.3) is 0 Å². The van der Waals surface area contributed by atoms with Crippen molar-refractivity contribution in [1.82, 2.24) is 9.80 Å². The molecule has 8 heteroatoms. The molecule has 4 fully saturated rings. The summed E-state index contributed by atoms with van der Waals surface area (Å²) in [5, 5.41) is 10.2. The summed E-state index contributed by atoms with van der Waals surface area (Å²) < 4.78 is 4.74. The van der Waals surface area contributed by atoms with Gasteiger partial charge >= 0.3 is 5.97 Å². The fraction of sp³-hybridized carbons (Fsp3) is 0.741. The minimum Gasteiger partial charge on any atom is -0.461 e. The predicted molar refractivity (Wildman–Crippen MR) is 137 cm³/mol.